The molecule has 8 heteroatoms. The molecule has 0 saturated carbocycles. The third-order valence-corrected chi connectivity index (χ3v) is 4.86. The number of aryl methyl sites for hydroxylation is 1. The molecule has 0 unspecified atom stereocenters. The highest BCUT2D eigenvalue weighted by molar-refractivity contribution is 6.38. The monoisotopic (exact) mass is 407 g/mol. The van der Waals surface area contributed by atoms with E-state index in [1.165, 1.54) is 6.33 Å². The molecule has 0 spiro atoms. The van der Waals surface area contributed by atoms with Crippen LogP contribution in [-0.4, -0.2) is 40.6 Å². The number of fused-ring (bicyclic) bond motifs is 1. The van der Waals surface area contributed by atoms with Crippen LogP contribution in [-0.2, 0) is 11.3 Å². The van der Waals surface area contributed by atoms with Gasteiger partial charge in [-0.2, -0.15) is 0 Å². The van der Waals surface area contributed by atoms with Gasteiger partial charge < -0.3 is 14.0 Å². The SMILES string of the molecule is COCCn1c(C)cc(C(=O)COc2ncnc3c(Cl)cc(Cl)cc23)c1C. The Morgan fingerprint density at radius 1 is 1.19 bits per heavy atom. The standard InChI is InChI=1S/C19H19Cl2N3O3/c1-11-6-14(12(2)24(11)4-5-26-3)17(25)9-27-19-15-7-13(20)8-16(21)18(15)22-10-23-19/h6-8,10H,4-5,9H2,1-3H3. The average molecular weight is 408 g/mol. The summed E-state index contributed by atoms with van der Waals surface area (Å²) >= 11 is 12.2. The number of aromatic nitrogens is 3. The van der Waals surface area contributed by atoms with E-state index >= 15 is 0 Å². The maximum Gasteiger partial charge on any atom is 0.225 e. The van der Waals surface area contributed by atoms with Crippen LogP contribution < -0.4 is 4.74 Å². The number of carbonyl (C=O) groups excluding carboxylic acids is 1. The Kier molecular flexibility index (Phi) is 5.99. The second-order valence-electron chi connectivity index (χ2n) is 6.10. The lowest BCUT2D eigenvalue weighted by Crippen LogP contribution is -2.14. The van der Waals surface area contributed by atoms with Crippen LogP contribution in [0.2, 0.25) is 10.0 Å². The summed E-state index contributed by atoms with van der Waals surface area (Å²) in [6.45, 7) is 4.99. The first-order valence-electron chi connectivity index (χ1n) is 8.33. The summed E-state index contributed by atoms with van der Waals surface area (Å²) in [4.78, 5) is 20.9. The number of nitrogens with zero attached hydrogens (tertiary/aromatic N) is 3. The van der Waals surface area contributed by atoms with E-state index in [2.05, 4.69) is 14.5 Å². The van der Waals surface area contributed by atoms with Gasteiger partial charge in [0.1, 0.15) is 6.33 Å². The summed E-state index contributed by atoms with van der Waals surface area (Å²) in [7, 11) is 1.65. The van der Waals surface area contributed by atoms with Gasteiger partial charge in [-0.1, -0.05) is 23.2 Å². The third-order valence-electron chi connectivity index (χ3n) is 4.35. The Labute approximate surface area is 167 Å². The number of methoxy groups -OCH3 is 1. The minimum absolute atomic E-state index is 0.133. The van der Waals surface area contributed by atoms with Gasteiger partial charge in [0.15, 0.2) is 6.61 Å². The first-order valence-corrected chi connectivity index (χ1v) is 9.09. The van der Waals surface area contributed by atoms with E-state index in [0.29, 0.717) is 39.7 Å². The first kappa shape index (κ1) is 19.6. The van der Waals surface area contributed by atoms with E-state index in [1.54, 1.807) is 19.2 Å². The van der Waals surface area contributed by atoms with Gasteiger partial charge >= 0.3 is 0 Å². The number of ketones is 1. The van der Waals surface area contributed by atoms with Crippen molar-refractivity contribution in [2.24, 2.45) is 0 Å². The summed E-state index contributed by atoms with van der Waals surface area (Å²) in [6.07, 6.45) is 1.35. The highest BCUT2D eigenvalue weighted by Gasteiger charge is 2.17. The molecule has 2 heterocycles. The molecular formula is C19H19Cl2N3O3. The molecule has 0 radical (unpaired) electrons. The van der Waals surface area contributed by atoms with E-state index < -0.39 is 0 Å². The number of hydrogen-bond donors (Lipinski definition) is 0. The molecule has 0 aliphatic rings. The van der Waals surface area contributed by atoms with Gasteiger partial charge in [0.05, 0.1) is 22.5 Å². The summed E-state index contributed by atoms with van der Waals surface area (Å²) in [5.74, 6) is 0.137. The maximum absolute atomic E-state index is 12.7. The van der Waals surface area contributed by atoms with Gasteiger partial charge in [0.2, 0.25) is 11.7 Å². The molecule has 0 aliphatic carbocycles. The molecular weight excluding hydrogens is 389 g/mol. The molecule has 0 fully saturated rings. The number of rotatable bonds is 7. The van der Waals surface area contributed by atoms with E-state index in [1.807, 2.05) is 19.9 Å². The molecule has 2 aromatic heterocycles. The minimum Gasteiger partial charge on any atom is -0.469 e. The van der Waals surface area contributed by atoms with Crippen LogP contribution in [0.4, 0.5) is 0 Å². The van der Waals surface area contributed by atoms with Crippen molar-refractivity contribution in [3.05, 3.63) is 51.5 Å². The van der Waals surface area contributed by atoms with Gasteiger partial charge in [-0.15, -0.1) is 0 Å². The van der Waals surface area contributed by atoms with Gasteiger partial charge in [-0.05, 0) is 32.0 Å². The van der Waals surface area contributed by atoms with Crippen molar-refractivity contribution in [2.45, 2.75) is 20.4 Å². The van der Waals surface area contributed by atoms with Crippen molar-refractivity contribution in [1.29, 1.82) is 0 Å². The fourth-order valence-corrected chi connectivity index (χ4v) is 3.55. The molecule has 27 heavy (non-hydrogen) atoms. The van der Waals surface area contributed by atoms with Crippen LogP contribution >= 0.6 is 23.2 Å². The van der Waals surface area contributed by atoms with Crippen molar-refractivity contribution in [3.8, 4) is 5.88 Å². The largest absolute Gasteiger partial charge is 0.469 e. The molecule has 1 aromatic carbocycles. The highest BCUT2D eigenvalue weighted by atomic mass is 35.5. The number of ether oxygens (including phenoxy) is 2. The van der Waals surface area contributed by atoms with E-state index in [-0.39, 0.29) is 18.3 Å². The van der Waals surface area contributed by atoms with Crippen molar-refractivity contribution in [3.63, 3.8) is 0 Å². The normalized spacial score (nSPS) is 11.1. The third kappa shape index (κ3) is 4.08. The predicted molar refractivity (Wildman–Crippen MR) is 105 cm³/mol. The lowest BCUT2D eigenvalue weighted by atomic mass is 10.1. The van der Waals surface area contributed by atoms with Gasteiger partial charge in [0, 0.05) is 35.6 Å². The first-order chi connectivity index (χ1) is 12.9. The number of hydrogen-bond acceptors (Lipinski definition) is 5. The number of Topliss-reactive ketones (excluding diaryl/α,β-unsaturated/α-hetero) is 1. The number of halogens is 2. The fraction of sp³-hybridized carbons (Fsp3) is 0.316. The molecule has 3 aromatic rings. The second-order valence-corrected chi connectivity index (χ2v) is 6.95. The Hall–Kier alpha value is -2.15. The Bertz CT molecular complexity index is 1000. The quantitative estimate of drug-likeness (QED) is 0.547. The topological polar surface area (TPSA) is 66.2 Å². The molecule has 142 valence electrons. The van der Waals surface area contributed by atoms with E-state index in [0.717, 1.165) is 11.4 Å². The van der Waals surface area contributed by atoms with Crippen LogP contribution in [0.5, 0.6) is 5.88 Å². The van der Waals surface area contributed by atoms with Crippen LogP contribution in [0.15, 0.2) is 24.5 Å². The average Bonchev–Trinajstić information content (AvgIpc) is 2.92. The molecule has 0 bridgehead atoms. The maximum atomic E-state index is 12.7. The van der Waals surface area contributed by atoms with Crippen LogP contribution in [0.1, 0.15) is 21.7 Å². The lowest BCUT2D eigenvalue weighted by molar-refractivity contribution is 0.0918. The smallest absolute Gasteiger partial charge is 0.225 e. The Balaban J connectivity index is 1.82. The molecule has 0 saturated heterocycles. The molecule has 0 amide bonds. The number of carbonyl (C=O) groups is 1. The van der Waals surface area contributed by atoms with Crippen molar-refractivity contribution in [1.82, 2.24) is 14.5 Å². The van der Waals surface area contributed by atoms with Crippen LogP contribution in [0.25, 0.3) is 10.9 Å². The zero-order chi connectivity index (χ0) is 19.6. The fourth-order valence-electron chi connectivity index (χ4n) is 3.01. The lowest BCUT2D eigenvalue weighted by Gasteiger charge is -2.10. The molecule has 0 N–H and O–H groups in total. The minimum atomic E-state index is -0.148. The second kappa shape index (κ2) is 8.25. The molecule has 6 nitrogen and oxygen atoms in total. The molecule has 0 atom stereocenters. The Morgan fingerprint density at radius 3 is 2.70 bits per heavy atom. The van der Waals surface area contributed by atoms with Crippen LogP contribution in [0.3, 0.4) is 0 Å². The van der Waals surface area contributed by atoms with Gasteiger partial charge in [-0.25, -0.2) is 9.97 Å². The summed E-state index contributed by atoms with van der Waals surface area (Å²) in [5.41, 5.74) is 3.03. The van der Waals surface area contributed by atoms with Crippen molar-refractivity contribution in [2.75, 3.05) is 20.3 Å². The van der Waals surface area contributed by atoms with Crippen LogP contribution in [0, 0.1) is 13.8 Å². The predicted octanol–water partition coefficient (Wildman–Crippen LogP) is 4.26. The molecule has 0 aliphatic heterocycles. The highest BCUT2D eigenvalue weighted by Crippen LogP contribution is 2.30. The van der Waals surface area contributed by atoms with Gasteiger partial charge in [-0.3, -0.25) is 4.79 Å². The van der Waals surface area contributed by atoms with E-state index in [9.17, 15) is 4.79 Å². The van der Waals surface area contributed by atoms with Gasteiger partial charge in [0.25, 0.3) is 0 Å². The van der Waals surface area contributed by atoms with E-state index in [4.69, 9.17) is 32.7 Å². The molecule has 3 rings (SSSR count). The summed E-state index contributed by atoms with van der Waals surface area (Å²) in [6, 6.07) is 5.13. The zero-order valence-electron chi connectivity index (χ0n) is 15.3. The zero-order valence-corrected chi connectivity index (χ0v) is 16.8. The van der Waals surface area contributed by atoms with Crippen molar-refractivity contribution >= 4 is 39.9 Å². The van der Waals surface area contributed by atoms with Crippen molar-refractivity contribution < 1.29 is 14.3 Å². The summed E-state index contributed by atoms with van der Waals surface area (Å²) < 4.78 is 12.9. The number of benzene rings is 1. The summed E-state index contributed by atoms with van der Waals surface area (Å²) in [5, 5.41) is 1.41. The Morgan fingerprint density at radius 2 is 1.96 bits per heavy atom.